The van der Waals surface area contributed by atoms with Gasteiger partial charge in [-0.1, -0.05) is 19.9 Å². The van der Waals surface area contributed by atoms with Crippen LogP contribution in [-0.2, 0) is 22.5 Å². The van der Waals surface area contributed by atoms with Gasteiger partial charge in [0.15, 0.2) is 0 Å². The molecule has 0 radical (unpaired) electrons. The lowest BCUT2D eigenvalue weighted by atomic mass is 9.87. The van der Waals surface area contributed by atoms with E-state index in [2.05, 4.69) is 48.5 Å². The number of morpholine rings is 1. The highest BCUT2D eigenvalue weighted by molar-refractivity contribution is 5.85. The maximum absolute atomic E-state index is 12.5. The summed E-state index contributed by atoms with van der Waals surface area (Å²) in [5.74, 6) is 0.197. The summed E-state index contributed by atoms with van der Waals surface area (Å²) in [5.41, 5.74) is 8.00. The van der Waals surface area contributed by atoms with E-state index in [0.717, 1.165) is 35.1 Å². The number of fused-ring (bicyclic) bond motifs is 2. The molecular weight excluding hydrogens is 416 g/mol. The molecule has 0 bridgehead atoms. The van der Waals surface area contributed by atoms with Crippen LogP contribution in [0.3, 0.4) is 0 Å². The zero-order chi connectivity index (χ0) is 23.1. The number of aromatic nitrogens is 2. The number of aliphatic hydroxyl groups excluding tert-OH is 1. The van der Waals surface area contributed by atoms with Gasteiger partial charge in [-0.25, -0.2) is 4.98 Å². The Morgan fingerprint density at radius 1 is 1.24 bits per heavy atom. The van der Waals surface area contributed by atoms with Crippen molar-refractivity contribution in [2.45, 2.75) is 51.8 Å². The summed E-state index contributed by atoms with van der Waals surface area (Å²) >= 11 is 0. The number of rotatable bonds is 4. The average Bonchev–Trinajstić information content (AvgIpc) is 3.26. The van der Waals surface area contributed by atoms with Crippen LogP contribution in [0.4, 0.5) is 0 Å². The Bertz CT molecular complexity index is 1180. The predicted molar refractivity (Wildman–Crippen MR) is 128 cm³/mol. The monoisotopic (exact) mass is 448 g/mol. The highest BCUT2D eigenvalue weighted by atomic mass is 16.5. The minimum absolute atomic E-state index is 0.0734. The van der Waals surface area contributed by atoms with Crippen molar-refractivity contribution in [1.82, 2.24) is 20.2 Å². The van der Waals surface area contributed by atoms with Crippen molar-refractivity contribution in [3.05, 3.63) is 52.8 Å². The van der Waals surface area contributed by atoms with E-state index in [-0.39, 0.29) is 11.9 Å². The first-order chi connectivity index (χ1) is 15.9. The van der Waals surface area contributed by atoms with Gasteiger partial charge in [-0.05, 0) is 59.2 Å². The van der Waals surface area contributed by atoms with E-state index in [9.17, 15) is 9.90 Å². The highest BCUT2D eigenvalue weighted by Crippen LogP contribution is 2.35. The van der Waals surface area contributed by atoms with Gasteiger partial charge < -0.3 is 25.0 Å². The lowest BCUT2D eigenvalue weighted by Gasteiger charge is -2.34. The fourth-order valence-corrected chi connectivity index (χ4v) is 5.05. The minimum atomic E-state index is -0.986. The van der Waals surface area contributed by atoms with E-state index in [1.165, 1.54) is 29.2 Å². The molecule has 2 aliphatic heterocycles. The largest absolute Gasteiger partial charge is 0.384 e. The zero-order valence-corrected chi connectivity index (χ0v) is 19.5. The molecule has 1 aromatic carbocycles. The van der Waals surface area contributed by atoms with Gasteiger partial charge in [0.2, 0.25) is 0 Å². The van der Waals surface area contributed by atoms with Gasteiger partial charge in [0.05, 0.1) is 19.3 Å². The third-order valence-electron chi connectivity index (χ3n) is 6.86. The number of ether oxygens (including phenoxy) is 1. The van der Waals surface area contributed by atoms with Gasteiger partial charge in [-0.15, -0.1) is 0 Å². The number of carbonyl (C=O) groups excluding carboxylic acids is 1. The molecular formula is C26H32N4O3. The normalized spacial score (nSPS) is 19.7. The van der Waals surface area contributed by atoms with Crippen LogP contribution >= 0.6 is 0 Å². The second-order valence-corrected chi connectivity index (χ2v) is 9.49. The van der Waals surface area contributed by atoms with Gasteiger partial charge in [0, 0.05) is 43.0 Å². The lowest BCUT2D eigenvalue weighted by Crippen LogP contribution is -2.42. The quantitative estimate of drug-likeness (QED) is 0.570. The molecule has 174 valence electrons. The molecule has 2 atom stereocenters. The third-order valence-corrected chi connectivity index (χ3v) is 6.86. The number of aliphatic hydroxyl groups is 1. The van der Waals surface area contributed by atoms with Crippen molar-refractivity contribution in [3.63, 3.8) is 0 Å². The van der Waals surface area contributed by atoms with Crippen molar-refractivity contribution in [2.75, 3.05) is 26.3 Å². The first-order valence-electron chi connectivity index (χ1n) is 11.8. The topological polar surface area (TPSA) is 90.5 Å². The first-order valence-corrected chi connectivity index (χ1v) is 11.8. The van der Waals surface area contributed by atoms with Gasteiger partial charge >= 0.3 is 0 Å². The van der Waals surface area contributed by atoms with Crippen LogP contribution in [0, 0.1) is 0 Å². The fraction of sp³-hybridized carbons (Fsp3) is 0.462. The fourth-order valence-electron chi connectivity index (χ4n) is 5.05. The molecule has 1 saturated heterocycles. The van der Waals surface area contributed by atoms with Crippen molar-refractivity contribution in [3.8, 4) is 11.1 Å². The molecule has 7 nitrogen and oxygen atoms in total. The molecule has 3 aromatic rings. The smallest absolute Gasteiger partial charge is 0.251 e. The molecule has 1 amide bonds. The van der Waals surface area contributed by atoms with E-state index < -0.39 is 6.10 Å². The van der Waals surface area contributed by atoms with Crippen LogP contribution in [0.5, 0.6) is 0 Å². The molecule has 7 heteroatoms. The summed E-state index contributed by atoms with van der Waals surface area (Å²) in [6.07, 6.45) is 3.77. The highest BCUT2D eigenvalue weighted by Gasteiger charge is 2.29. The number of benzene rings is 1. The number of hydrogen-bond donors (Lipinski definition) is 3. The Labute approximate surface area is 194 Å². The number of nitrogens with one attached hydrogen (secondary N) is 2. The van der Waals surface area contributed by atoms with E-state index >= 15 is 0 Å². The van der Waals surface area contributed by atoms with E-state index in [1.807, 2.05) is 6.20 Å². The first kappa shape index (κ1) is 22.1. The Morgan fingerprint density at radius 2 is 2.09 bits per heavy atom. The van der Waals surface area contributed by atoms with E-state index in [1.54, 1.807) is 4.90 Å². The Kier molecular flexibility index (Phi) is 5.95. The second kappa shape index (κ2) is 8.89. The van der Waals surface area contributed by atoms with Crippen LogP contribution in [0.15, 0.2) is 30.6 Å². The molecule has 0 aliphatic carbocycles. The standard InChI is InChI=1S/C26H32N4O3/c1-15(2)22-12-29-25-21(22)10-19(11-28-25)18-8-17-4-6-30(26(32)16(3)31)13-23(17)20(9-18)24-14-33-7-5-27-24/h8-12,15-16,24,27,31H,4-7,13-14H2,1-3H3,(H,28,29)/t16-,24-/m0/s1. The summed E-state index contributed by atoms with van der Waals surface area (Å²) in [6, 6.07) is 6.78. The molecule has 5 rings (SSSR count). The van der Waals surface area contributed by atoms with Gasteiger partial charge in [-0.2, -0.15) is 0 Å². The Morgan fingerprint density at radius 3 is 2.82 bits per heavy atom. The molecule has 2 aromatic heterocycles. The molecule has 2 aliphatic rings. The maximum atomic E-state index is 12.5. The number of pyridine rings is 1. The second-order valence-electron chi connectivity index (χ2n) is 9.49. The number of amides is 1. The summed E-state index contributed by atoms with van der Waals surface area (Å²) in [7, 11) is 0. The Balaban J connectivity index is 1.59. The summed E-state index contributed by atoms with van der Waals surface area (Å²) in [6.45, 7) is 9.16. The van der Waals surface area contributed by atoms with E-state index in [0.29, 0.717) is 32.2 Å². The molecule has 33 heavy (non-hydrogen) atoms. The third kappa shape index (κ3) is 4.16. The molecule has 4 heterocycles. The number of H-pyrrole nitrogens is 1. The van der Waals surface area contributed by atoms with Crippen LogP contribution in [0.25, 0.3) is 22.2 Å². The zero-order valence-electron chi connectivity index (χ0n) is 19.5. The van der Waals surface area contributed by atoms with E-state index in [4.69, 9.17) is 9.72 Å². The average molecular weight is 449 g/mol. The van der Waals surface area contributed by atoms with Gasteiger partial charge in [0.25, 0.3) is 5.91 Å². The number of nitrogens with zero attached hydrogens (tertiary/aromatic N) is 2. The van der Waals surface area contributed by atoms with Crippen LogP contribution < -0.4 is 5.32 Å². The number of aromatic amines is 1. The van der Waals surface area contributed by atoms with Crippen LogP contribution in [0.2, 0.25) is 0 Å². The lowest BCUT2D eigenvalue weighted by molar-refractivity contribution is -0.140. The van der Waals surface area contributed by atoms with Crippen LogP contribution in [0.1, 0.15) is 55.0 Å². The summed E-state index contributed by atoms with van der Waals surface area (Å²) in [5, 5.41) is 14.6. The van der Waals surface area contributed by atoms with Crippen molar-refractivity contribution < 1.29 is 14.6 Å². The van der Waals surface area contributed by atoms with Crippen molar-refractivity contribution in [2.24, 2.45) is 0 Å². The summed E-state index contributed by atoms with van der Waals surface area (Å²) < 4.78 is 5.78. The van der Waals surface area contributed by atoms with Gasteiger partial charge in [0.1, 0.15) is 11.8 Å². The molecule has 3 N–H and O–H groups in total. The number of hydrogen-bond acceptors (Lipinski definition) is 5. The SMILES string of the molecule is CC(C)c1c[nH]c2ncc(-c3cc4c(c([C@@H]5COCCN5)c3)CN(C(=O)[C@H](C)O)CC4)cc12. The maximum Gasteiger partial charge on any atom is 0.251 e. The van der Waals surface area contributed by atoms with Crippen molar-refractivity contribution in [1.29, 1.82) is 0 Å². The van der Waals surface area contributed by atoms with Crippen molar-refractivity contribution >= 4 is 16.9 Å². The number of carbonyl (C=O) groups is 1. The summed E-state index contributed by atoms with van der Waals surface area (Å²) in [4.78, 5) is 22.2. The van der Waals surface area contributed by atoms with Crippen LogP contribution in [-0.4, -0.2) is 58.3 Å². The Hall–Kier alpha value is -2.74. The van der Waals surface area contributed by atoms with Gasteiger partial charge in [-0.3, -0.25) is 4.79 Å². The molecule has 0 unspecified atom stereocenters. The predicted octanol–water partition coefficient (Wildman–Crippen LogP) is 3.28. The molecule has 0 spiro atoms. The molecule has 1 fully saturated rings. The minimum Gasteiger partial charge on any atom is -0.384 e. The molecule has 0 saturated carbocycles.